The smallest absolute Gasteiger partial charge is 0.183 e. The van der Waals surface area contributed by atoms with E-state index in [0.717, 1.165) is 16.3 Å². The van der Waals surface area contributed by atoms with Crippen molar-refractivity contribution in [3.63, 3.8) is 0 Å². The Labute approximate surface area is 142 Å². The van der Waals surface area contributed by atoms with Crippen molar-refractivity contribution in [2.75, 3.05) is 5.32 Å². The molecule has 0 aliphatic rings. The number of para-hydroxylation sites is 1. The Morgan fingerprint density at radius 1 is 1.05 bits per heavy atom. The highest BCUT2D eigenvalue weighted by atomic mass is 35.5. The predicted molar refractivity (Wildman–Crippen MR) is 92.4 cm³/mol. The monoisotopic (exact) mass is 350 g/mol. The van der Waals surface area contributed by atoms with Gasteiger partial charge < -0.3 is 10.1 Å². The van der Waals surface area contributed by atoms with E-state index in [0.29, 0.717) is 21.8 Å². The molecule has 0 amide bonds. The molecule has 0 aliphatic carbocycles. The molecule has 22 heavy (non-hydrogen) atoms. The number of hydrogen-bond acceptors (Lipinski definition) is 4. The van der Waals surface area contributed by atoms with E-state index < -0.39 is 0 Å². The molecule has 112 valence electrons. The molecule has 3 rings (SSSR count). The van der Waals surface area contributed by atoms with Crippen molar-refractivity contribution in [3.05, 3.63) is 69.1 Å². The van der Waals surface area contributed by atoms with Crippen LogP contribution in [-0.2, 0) is 6.54 Å². The number of thiazole rings is 1. The number of rotatable bonds is 5. The van der Waals surface area contributed by atoms with E-state index >= 15 is 0 Å². The number of halogens is 2. The summed E-state index contributed by atoms with van der Waals surface area (Å²) in [5.41, 5.74) is 0.996. The third-order valence-corrected chi connectivity index (χ3v) is 4.34. The van der Waals surface area contributed by atoms with E-state index in [9.17, 15) is 0 Å². The third-order valence-electron chi connectivity index (χ3n) is 2.91. The Morgan fingerprint density at radius 3 is 2.50 bits per heavy atom. The topological polar surface area (TPSA) is 34.2 Å². The van der Waals surface area contributed by atoms with Gasteiger partial charge in [-0.25, -0.2) is 4.98 Å². The van der Waals surface area contributed by atoms with E-state index in [-0.39, 0.29) is 0 Å². The Balaban J connectivity index is 1.61. The SMILES string of the molecule is Clc1ncc(CNc2ccc(Oc3ccccc3Cl)cc2)s1. The first kappa shape index (κ1) is 15.2. The van der Waals surface area contributed by atoms with Crippen molar-refractivity contribution in [3.8, 4) is 11.5 Å². The van der Waals surface area contributed by atoms with Crippen molar-refractivity contribution < 1.29 is 4.74 Å². The largest absolute Gasteiger partial charge is 0.456 e. The summed E-state index contributed by atoms with van der Waals surface area (Å²) in [6, 6.07) is 15.1. The van der Waals surface area contributed by atoms with E-state index in [1.807, 2.05) is 42.5 Å². The van der Waals surface area contributed by atoms with Gasteiger partial charge in [0.1, 0.15) is 11.5 Å². The lowest BCUT2D eigenvalue weighted by Crippen LogP contribution is -1.97. The fourth-order valence-corrected chi connectivity index (χ4v) is 2.94. The van der Waals surface area contributed by atoms with E-state index in [1.54, 1.807) is 12.3 Å². The molecule has 1 N–H and O–H groups in total. The van der Waals surface area contributed by atoms with E-state index in [1.165, 1.54) is 11.3 Å². The van der Waals surface area contributed by atoms with Crippen LogP contribution in [-0.4, -0.2) is 4.98 Å². The summed E-state index contributed by atoms with van der Waals surface area (Å²) >= 11 is 13.3. The van der Waals surface area contributed by atoms with Crippen LogP contribution in [0.25, 0.3) is 0 Å². The van der Waals surface area contributed by atoms with Crippen molar-refractivity contribution in [2.24, 2.45) is 0 Å². The van der Waals surface area contributed by atoms with Crippen LogP contribution in [0.15, 0.2) is 54.7 Å². The predicted octanol–water partition coefficient (Wildman–Crippen LogP) is 5.85. The van der Waals surface area contributed by atoms with Crippen LogP contribution in [0.1, 0.15) is 4.88 Å². The minimum atomic E-state index is 0.556. The van der Waals surface area contributed by atoms with Gasteiger partial charge in [-0.3, -0.25) is 0 Å². The van der Waals surface area contributed by atoms with Gasteiger partial charge in [0, 0.05) is 16.8 Å². The molecule has 6 heteroatoms. The molecule has 2 aromatic carbocycles. The number of benzene rings is 2. The van der Waals surface area contributed by atoms with Crippen molar-refractivity contribution in [1.29, 1.82) is 0 Å². The second-order valence-electron chi connectivity index (χ2n) is 4.49. The molecule has 0 fully saturated rings. The molecular formula is C16H12Cl2N2OS. The number of anilines is 1. The highest BCUT2D eigenvalue weighted by Crippen LogP contribution is 2.29. The van der Waals surface area contributed by atoms with Crippen LogP contribution in [0.4, 0.5) is 5.69 Å². The lowest BCUT2D eigenvalue weighted by molar-refractivity contribution is 0.483. The zero-order valence-electron chi connectivity index (χ0n) is 11.4. The lowest BCUT2D eigenvalue weighted by atomic mass is 10.3. The number of hydrogen-bond donors (Lipinski definition) is 1. The summed E-state index contributed by atoms with van der Waals surface area (Å²) in [5, 5.41) is 3.90. The molecule has 0 bridgehead atoms. The summed E-state index contributed by atoms with van der Waals surface area (Å²) in [6.07, 6.45) is 1.77. The molecule has 1 heterocycles. The molecule has 0 atom stereocenters. The normalized spacial score (nSPS) is 10.5. The van der Waals surface area contributed by atoms with Crippen LogP contribution in [0, 0.1) is 0 Å². The van der Waals surface area contributed by atoms with Gasteiger partial charge in [0.15, 0.2) is 4.47 Å². The van der Waals surface area contributed by atoms with E-state index in [2.05, 4.69) is 10.3 Å². The second kappa shape index (κ2) is 7.01. The molecule has 3 nitrogen and oxygen atoms in total. The molecule has 0 saturated carbocycles. The average Bonchev–Trinajstić information content (AvgIpc) is 2.94. The minimum Gasteiger partial charge on any atom is -0.456 e. The third kappa shape index (κ3) is 3.91. The van der Waals surface area contributed by atoms with Gasteiger partial charge in [-0.05, 0) is 36.4 Å². The molecule has 0 aliphatic heterocycles. The van der Waals surface area contributed by atoms with Gasteiger partial charge in [0.05, 0.1) is 11.6 Å². The fraction of sp³-hybridized carbons (Fsp3) is 0.0625. The zero-order valence-corrected chi connectivity index (χ0v) is 13.8. The van der Waals surface area contributed by atoms with Gasteiger partial charge in [-0.2, -0.15) is 0 Å². The van der Waals surface area contributed by atoms with Crippen molar-refractivity contribution >= 4 is 40.2 Å². The highest BCUT2D eigenvalue weighted by Gasteiger charge is 2.03. The standard InChI is InChI=1S/C16H12Cl2N2OS/c17-14-3-1-2-4-15(14)21-12-7-5-11(6-8-12)19-9-13-10-20-16(18)22-13/h1-8,10,19H,9H2. The molecular weight excluding hydrogens is 339 g/mol. The molecule has 0 radical (unpaired) electrons. The van der Waals surface area contributed by atoms with Gasteiger partial charge >= 0.3 is 0 Å². The first-order valence-corrected chi connectivity index (χ1v) is 8.14. The number of aromatic nitrogens is 1. The summed E-state index contributed by atoms with van der Waals surface area (Å²) in [4.78, 5) is 5.09. The highest BCUT2D eigenvalue weighted by molar-refractivity contribution is 7.15. The van der Waals surface area contributed by atoms with Crippen molar-refractivity contribution in [1.82, 2.24) is 4.98 Å². The van der Waals surface area contributed by atoms with Gasteiger partial charge in [-0.1, -0.05) is 35.3 Å². The van der Waals surface area contributed by atoms with E-state index in [4.69, 9.17) is 27.9 Å². The van der Waals surface area contributed by atoms with Crippen molar-refractivity contribution in [2.45, 2.75) is 6.54 Å². The number of nitrogens with one attached hydrogen (secondary N) is 1. The Bertz CT molecular complexity index is 759. The van der Waals surface area contributed by atoms with Crippen LogP contribution < -0.4 is 10.1 Å². The Kier molecular flexibility index (Phi) is 4.83. The maximum atomic E-state index is 6.07. The second-order valence-corrected chi connectivity index (χ2v) is 6.59. The Morgan fingerprint density at radius 2 is 1.82 bits per heavy atom. The summed E-state index contributed by atoms with van der Waals surface area (Å²) < 4.78 is 6.30. The number of nitrogens with zero attached hydrogens (tertiary/aromatic N) is 1. The fourth-order valence-electron chi connectivity index (χ4n) is 1.85. The Hall–Kier alpha value is -1.75. The molecule has 1 aromatic heterocycles. The van der Waals surface area contributed by atoms with Gasteiger partial charge in [0.2, 0.25) is 0 Å². The quantitative estimate of drug-likeness (QED) is 0.626. The summed E-state index contributed by atoms with van der Waals surface area (Å²) in [5.74, 6) is 1.38. The average molecular weight is 351 g/mol. The zero-order chi connectivity index (χ0) is 15.4. The number of ether oxygens (including phenoxy) is 1. The molecule has 3 aromatic rings. The van der Waals surface area contributed by atoms with Crippen LogP contribution >= 0.6 is 34.5 Å². The van der Waals surface area contributed by atoms with Crippen LogP contribution in [0.3, 0.4) is 0 Å². The van der Waals surface area contributed by atoms with Crippen LogP contribution in [0.5, 0.6) is 11.5 Å². The van der Waals surface area contributed by atoms with Gasteiger partial charge in [-0.15, -0.1) is 11.3 Å². The molecule has 0 unspecified atom stereocenters. The van der Waals surface area contributed by atoms with Crippen LogP contribution in [0.2, 0.25) is 9.49 Å². The first-order chi connectivity index (χ1) is 10.7. The minimum absolute atomic E-state index is 0.556. The van der Waals surface area contributed by atoms with Gasteiger partial charge in [0.25, 0.3) is 0 Å². The maximum absolute atomic E-state index is 6.07. The summed E-state index contributed by atoms with van der Waals surface area (Å²) in [7, 11) is 0. The first-order valence-electron chi connectivity index (χ1n) is 6.57. The lowest BCUT2D eigenvalue weighted by Gasteiger charge is -2.09. The molecule has 0 spiro atoms. The molecule has 0 saturated heterocycles. The summed E-state index contributed by atoms with van der Waals surface area (Å²) in [6.45, 7) is 0.690. The maximum Gasteiger partial charge on any atom is 0.183 e.